The van der Waals surface area contributed by atoms with Crippen LogP contribution in [0.15, 0.2) is 18.3 Å². The molecule has 16 heavy (non-hydrogen) atoms. The Bertz CT molecular complexity index is 342. The zero-order valence-corrected chi connectivity index (χ0v) is 9.59. The molecule has 0 unspecified atom stereocenters. The standard InChI is InChI=1S/C12H17N3O/c1-14-5-7-15(8-6-14)12-3-2-11(4-9-16)10-13-12/h2-3,9-10H,4-8H2,1H3. The van der Waals surface area contributed by atoms with Crippen molar-refractivity contribution in [1.29, 1.82) is 0 Å². The number of nitrogens with zero attached hydrogens (tertiary/aromatic N) is 3. The van der Waals surface area contributed by atoms with Gasteiger partial charge < -0.3 is 14.6 Å². The number of aromatic nitrogens is 1. The van der Waals surface area contributed by atoms with Crippen molar-refractivity contribution < 1.29 is 4.79 Å². The monoisotopic (exact) mass is 219 g/mol. The summed E-state index contributed by atoms with van der Waals surface area (Å²) in [6, 6.07) is 3.99. The fraction of sp³-hybridized carbons (Fsp3) is 0.500. The molecule has 0 bridgehead atoms. The average molecular weight is 219 g/mol. The van der Waals surface area contributed by atoms with Gasteiger partial charge in [0.25, 0.3) is 0 Å². The SMILES string of the molecule is CN1CCN(c2ccc(CC=O)cn2)CC1. The second-order valence-corrected chi connectivity index (χ2v) is 4.19. The lowest BCUT2D eigenvalue weighted by molar-refractivity contribution is -0.107. The van der Waals surface area contributed by atoms with Gasteiger partial charge in [-0.25, -0.2) is 4.98 Å². The van der Waals surface area contributed by atoms with Crippen LogP contribution in [-0.4, -0.2) is 49.4 Å². The van der Waals surface area contributed by atoms with E-state index in [4.69, 9.17) is 0 Å². The first-order valence-corrected chi connectivity index (χ1v) is 5.61. The van der Waals surface area contributed by atoms with Crippen molar-refractivity contribution in [2.45, 2.75) is 6.42 Å². The first-order valence-electron chi connectivity index (χ1n) is 5.61. The fourth-order valence-electron chi connectivity index (χ4n) is 1.86. The minimum Gasteiger partial charge on any atom is -0.354 e. The van der Waals surface area contributed by atoms with Crippen molar-refractivity contribution in [2.24, 2.45) is 0 Å². The number of carbonyl (C=O) groups is 1. The maximum absolute atomic E-state index is 10.4. The first-order chi connectivity index (χ1) is 7.79. The number of piperazine rings is 1. The highest BCUT2D eigenvalue weighted by molar-refractivity contribution is 5.55. The molecule has 0 saturated carbocycles. The van der Waals surface area contributed by atoms with Gasteiger partial charge in [0, 0.05) is 38.8 Å². The minimum atomic E-state index is 0.454. The number of hydrogen-bond donors (Lipinski definition) is 0. The molecule has 86 valence electrons. The van der Waals surface area contributed by atoms with E-state index in [2.05, 4.69) is 21.8 Å². The maximum Gasteiger partial charge on any atom is 0.128 e. The van der Waals surface area contributed by atoms with Gasteiger partial charge >= 0.3 is 0 Å². The quantitative estimate of drug-likeness (QED) is 0.697. The van der Waals surface area contributed by atoms with Gasteiger partial charge in [0.1, 0.15) is 12.1 Å². The molecule has 0 aliphatic carbocycles. The van der Waals surface area contributed by atoms with Crippen LogP contribution in [0.4, 0.5) is 5.82 Å². The lowest BCUT2D eigenvalue weighted by Crippen LogP contribution is -2.44. The van der Waals surface area contributed by atoms with E-state index in [1.54, 1.807) is 6.20 Å². The van der Waals surface area contributed by atoms with E-state index in [1.165, 1.54) is 0 Å². The summed E-state index contributed by atoms with van der Waals surface area (Å²) < 4.78 is 0. The molecule has 1 aliphatic heterocycles. The summed E-state index contributed by atoms with van der Waals surface area (Å²) in [5.74, 6) is 1.02. The Labute approximate surface area is 95.9 Å². The Morgan fingerprint density at radius 2 is 2.06 bits per heavy atom. The lowest BCUT2D eigenvalue weighted by Gasteiger charge is -2.33. The van der Waals surface area contributed by atoms with E-state index < -0.39 is 0 Å². The predicted molar refractivity (Wildman–Crippen MR) is 63.7 cm³/mol. The number of aldehydes is 1. The molecule has 2 heterocycles. The van der Waals surface area contributed by atoms with E-state index in [9.17, 15) is 4.79 Å². The second kappa shape index (κ2) is 5.07. The Kier molecular flexibility index (Phi) is 3.51. The van der Waals surface area contributed by atoms with Gasteiger partial charge in [-0.05, 0) is 18.7 Å². The second-order valence-electron chi connectivity index (χ2n) is 4.19. The summed E-state index contributed by atoms with van der Waals surface area (Å²) in [6.45, 7) is 4.21. The Morgan fingerprint density at radius 3 is 2.62 bits per heavy atom. The highest BCUT2D eigenvalue weighted by Crippen LogP contribution is 2.13. The van der Waals surface area contributed by atoms with Crippen molar-refractivity contribution in [3.8, 4) is 0 Å². The van der Waals surface area contributed by atoms with Crippen LogP contribution in [0.3, 0.4) is 0 Å². The van der Waals surface area contributed by atoms with Crippen molar-refractivity contribution in [3.63, 3.8) is 0 Å². The lowest BCUT2D eigenvalue weighted by atomic mass is 10.2. The molecule has 0 amide bonds. The molecular formula is C12H17N3O. The third kappa shape index (κ3) is 2.58. The summed E-state index contributed by atoms with van der Waals surface area (Å²) >= 11 is 0. The van der Waals surface area contributed by atoms with Gasteiger partial charge in [0.05, 0.1) is 0 Å². The van der Waals surface area contributed by atoms with Crippen LogP contribution in [0.25, 0.3) is 0 Å². The molecule has 0 spiro atoms. The molecule has 0 radical (unpaired) electrons. The summed E-state index contributed by atoms with van der Waals surface area (Å²) in [5, 5.41) is 0. The van der Waals surface area contributed by atoms with Crippen LogP contribution in [-0.2, 0) is 11.2 Å². The number of hydrogen-bond acceptors (Lipinski definition) is 4. The topological polar surface area (TPSA) is 36.4 Å². The smallest absolute Gasteiger partial charge is 0.128 e. The van der Waals surface area contributed by atoms with Crippen LogP contribution in [0.5, 0.6) is 0 Å². The Hall–Kier alpha value is -1.42. The largest absolute Gasteiger partial charge is 0.354 e. The van der Waals surface area contributed by atoms with Crippen molar-refractivity contribution in [1.82, 2.24) is 9.88 Å². The number of rotatable bonds is 3. The number of likely N-dealkylation sites (N-methyl/N-ethyl adjacent to an activating group) is 1. The molecule has 0 atom stereocenters. The van der Waals surface area contributed by atoms with Crippen LogP contribution >= 0.6 is 0 Å². The van der Waals surface area contributed by atoms with E-state index in [1.807, 2.05) is 12.1 Å². The Morgan fingerprint density at radius 1 is 1.31 bits per heavy atom. The van der Waals surface area contributed by atoms with E-state index in [0.717, 1.165) is 43.8 Å². The highest BCUT2D eigenvalue weighted by atomic mass is 16.1. The van der Waals surface area contributed by atoms with Crippen molar-refractivity contribution in [3.05, 3.63) is 23.9 Å². The fourth-order valence-corrected chi connectivity index (χ4v) is 1.86. The van der Waals surface area contributed by atoms with Gasteiger partial charge in [-0.1, -0.05) is 6.07 Å². The number of carbonyl (C=O) groups excluding carboxylic acids is 1. The predicted octanol–water partition coefficient (Wildman–Crippen LogP) is 0.575. The third-order valence-corrected chi connectivity index (χ3v) is 2.96. The van der Waals surface area contributed by atoms with Gasteiger partial charge in [0.15, 0.2) is 0 Å². The van der Waals surface area contributed by atoms with E-state index in [0.29, 0.717) is 6.42 Å². The summed E-state index contributed by atoms with van der Waals surface area (Å²) in [5.41, 5.74) is 0.980. The molecule has 4 nitrogen and oxygen atoms in total. The third-order valence-electron chi connectivity index (χ3n) is 2.96. The number of pyridine rings is 1. The van der Waals surface area contributed by atoms with Crippen molar-refractivity contribution in [2.75, 3.05) is 38.1 Å². The normalized spacial score (nSPS) is 17.4. The molecule has 0 N–H and O–H groups in total. The van der Waals surface area contributed by atoms with Gasteiger partial charge in [-0.2, -0.15) is 0 Å². The van der Waals surface area contributed by atoms with Crippen molar-refractivity contribution >= 4 is 12.1 Å². The van der Waals surface area contributed by atoms with Crippen LogP contribution in [0.2, 0.25) is 0 Å². The summed E-state index contributed by atoms with van der Waals surface area (Å²) in [6.07, 6.45) is 3.16. The Balaban J connectivity index is 2.01. The van der Waals surface area contributed by atoms with E-state index >= 15 is 0 Å². The van der Waals surface area contributed by atoms with Gasteiger partial charge in [-0.15, -0.1) is 0 Å². The highest BCUT2D eigenvalue weighted by Gasteiger charge is 2.14. The van der Waals surface area contributed by atoms with Crippen LogP contribution < -0.4 is 4.90 Å². The molecule has 1 aliphatic rings. The average Bonchev–Trinajstić information content (AvgIpc) is 2.32. The molecular weight excluding hydrogens is 202 g/mol. The summed E-state index contributed by atoms with van der Waals surface area (Å²) in [7, 11) is 2.14. The molecule has 2 rings (SSSR count). The first kappa shape index (κ1) is 11.1. The van der Waals surface area contributed by atoms with Gasteiger partial charge in [-0.3, -0.25) is 0 Å². The molecule has 1 fully saturated rings. The van der Waals surface area contributed by atoms with Crippen LogP contribution in [0.1, 0.15) is 5.56 Å². The molecule has 4 heteroatoms. The summed E-state index contributed by atoms with van der Waals surface area (Å²) in [4.78, 5) is 19.3. The zero-order valence-electron chi connectivity index (χ0n) is 9.59. The van der Waals surface area contributed by atoms with E-state index in [-0.39, 0.29) is 0 Å². The zero-order chi connectivity index (χ0) is 11.4. The molecule has 1 aromatic heterocycles. The molecule has 1 aromatic rings. The minimum absolute atomic E-state index is 0.454. The molecule has 1 saturated heterocycles. The maximum atomic E-state index is 10.4. The van der Waals surface area contributed by atoms with Gasteiger partial charge in [0.2, 0.25) is 0 Å². The van der Waals surface area contributed by atoms with Crippen LogP contribution in [0, 0.1) is 0 Å². The molecule has 0 aromatic carbocycles. The number of anilines is 1.